The first-order valence-corrected chi connectivity index (χ1v) is 9.22. The highest BCUT2D eigenvalue weighted by Crippen LogP contribution is 2.31. The highest BCUT2D eigenvalue weighted by atomic mass is 19.4. The van der Waals surface area contributed by atoms with Gasteiger partial charge in [0.25, 0.3) is 0 Å². The minimum atomic E-state index is -4.61. The molecule has 0 radical (unpaired) electrons. The van der Waals surface area contributed by atoms with E-state index < -0.39 is 17.9 Å². The van der Waals surface area contributed by atoms with Gasteiger partial charge in [0.1, 0.15) is 5.82 Å². The smallest absolute Gasteiger partial charge is 0.394 e. The lowest BCUT2D eigenvalue weighted by Crippen LogP contribution is -2.30. The van der Waals surface area contributed by atoms with E-state index >= 15 is 0 Å². The molecule has 0 fully saturated rings. The molecular weight excluding hydrogens is 369 g/mol. The summed E-state index contributed by atoms with van der Waals surface area (Å²) in [7, 11) is 0. The molecule has 0 amide bonds. The molecule has 0 aliphatic rings. The summed E-state index contributed by atoms with van der Waals surface area (Å²) in [5.41, 5.74) is 1.81. The van der Waals surface area contributed by atoms with Gasteiger partial charge < -0.3 is 15.7 Å². The third-order valence-electron chi connectivity index (χ3n) is 4.50. The predicted molar refractivity (Wildman–Crippen MR) is 105 cm³/mol. The topological polar surface area (TPSA) is 70.1 Å². The number of nitrogens with one attached hydrogen (secondary N) is 2. The van der Waals surface area contributed by atoms with Gasteiger partial charge in [0.2, 0.25) is 5.95 Å². The maximum Gasteiger partial charge on any atom is 0.433 e. The lowest BCUT2D eigenvalue weighted by atomic mass is 9.98. The number of aliphatic hydroxyl groups excluding tert-OH is 1. The highest BCUT2D eigenvalue weighted by molar-refractivity contribution is 5.60. The van der Waals surface area contributed by atoms with Gasteiger partial charge in [-0.05, 0) is 42.0 Å². The van der Waals surface area contributed by atoms with Gasteiger partial charge in [-0.2, -0.15) is 18.2 Å². The van der Waals surface area contributed by atoms with E-state index in [1.165, 1.54) is 5.56 Å². The standard InChI is InChI=1S/C20H27F3N4O/c1-11(2)15-7-6-14(8-13(15)5)24-18-9-17(20(21,22)23)26-19(27-18)25-16(10-28)12(3)4/h6-9,11-12,16,28H,10H2,1-5H3,(H2,24,25,26,27)/t16-/m1/s1. The van der Waals surface area contributed by atoms with Crippen LogP contribution in [0, 0.1) is 12.8 Å². The van der Waals surface area contributed by atoms with Crippen LogP contribution in [0.5, 0.6) is 0 Å². The Bertz CT molecular complexity index is 807. The van der Waals surface area contributed by atoms with Crippen molar-refractivity contribution in [3.05, 3.63) is 41.1 Å². The molecule has 5 nitrogen and oxygen atoms in total. The number of aryl methyl sites for hydroxylation is 1. The summed E-state index contributed by atoms with van der Waals surface area (Å²) in [6, 6.07) is 6.07. The summed E-state index contributed by atoms with van der Waals surface area (Å²) < 4.78 is 39.8. The van der Waals surface area contributed by atoms with Gasteiger partial charge in [-0.15, -0.1) is 0 Å². The summed E-state index contributed by atoms with van der Waals surface area (Å²) in [6.45, 7) is 9.58. The number of hydrogen-bond donors (Lipinski definition) is 3. The van der Waals surface area contributed by atoms with Gasteiger partial charge in [0.15, 0.2) is 5.69 Å². The number of alkyl halides is 3. The summed E-state index contributed by atoms with van der Waals surface area (Å²) in [4.78, 5) is 7.73. The summed E-state index contributed by atoms with van der Waals surface area (Å²) in [5, 5.41) is 15.2. The van der Waals surface area contributed by atoms with Crippen LogP contribution in [0.3, 0.4) is 0 Å². The molecule has 1 aromatic heterocycles. The Labute approximate surface area is 163 Å². The molecule has 1 atom stereocenters. The molecule has 154 valence electrons. The number of aromatic nitrogens is 2. The van der Waals surface area contributed by atoms with E-state index in [2.05, 4.69) is 34.4 Å². The van der Waals surface area contributed by atoms with Gasteiger partial charge in [-0.25, -0.2) is 4.98 Å². The van der Waals surface area contributed by atoms with Crippen molar-refractivity contribution in [1.29, 1.82) is 0 Å². The van der Waals surface area contributed by atoms with Crippen molar-refractivity contribution < 1.29 is 18.3 Å². The van der Waals surface area contributed by atoms with Gasteiger partial charge >= 0.3 is 6.18 Å². The SMILES string of the molecule is Cc1cc(Nc2cc(C(F)(F)F)nc(N[C@H](CO)C(C)C)n2)ccc1C(C)C. The quantitative estimate of drug-likeness (QED) is 0.607. The maximum atomic E-state index is 13.3. The van der Waals surface area contributed by atoms with Gasteiger partial charge in [-0.3, -0.25) is 0 Å². The fraction of sp³-hybridized carbons (Fsp3) is 0.500. The number of halogens is 3. The van der Waals surface area contributed by atoms with Crippen LogP contribution in [0.15, 0.2) is 24.3 Å². The molecule has 0 unspecified atom stereocenters. The molecule has 0 saturated heterocycles. The number of anilines is 3. The minimum absolute atomic E-state index is 0.00854. The monoisotopic (exact) mass is 396 g/mol. The molecule has 28 heavy (non-hydrogen) atoms. The first-order chi connectivity index (χ1) is 13.0. The maximum absolute atomic E-state index is 13.3. The Balaban J connectivity index is 2.37. The van der Waals surface area contributed by atoms with Crippen molar-refractivity contribution in [2.75, 3.05) is 17.2 Å². The molecule has 3 N–H and O–H groups in total. The van der Waals surface area contributed by atoms with Gasteiger partial charge in [0.05, 0.1) is 12.6 Å². The Morgan fingerprint density at radius 3 is 2.25 bits per heavy atom. The molecule has 1 heterocycles. The van der Waals surface area contributed by atoms with E-state index in [1.807, 2.05) is 39.0 Å². The van der Waals surface area contributed by atoms with Crippen LogP contribution in [0.4, 0.5) is 30.6 Å². The summed E-state index contributed by atoms with van der Waals surface area (Å²) in [5.74, 6) is 0.195. The first kappa shape index (κ1) is 21.9. The Hall–Kier alpha value is -2.35. The van der Waals surface area contributed by atoms with Crippen LogP contribution < -0.4 is 10.6 Å². The number of rotatable bonds is 7. The predicted octanol–water partition coefficient (Wildman–Crippen LogP) is 5.10. The molecule has 0 aliphatic heterocycles. The minimum Gasteiger partial charge on any atom is -0.394 e. The molecule has 0 spiro atoms. The fourth-order valence-corrected chi connectivity index (χ4v) is 2.86. The lowest BCUT2D eigenvalue weighted by Gasteiger charge is -2.21. The van der Waals surface area contributed by atoms with E-state index in [1.54, 1.807) is 0 Å². The van der Waals surface area contributed by atoms with Crippen LogP contribution in [-0.2, 0) is 6.18 Å². The fourth-order valence-electron chi connectivity index (χ4n) is 2.86. The van der Waals surface area contributed by atoms with Crippen molar-refractivity contribution in [1.82, 2.24) is 9.97 Å². The summed E-state index contributed by atoms with van der Waals surface area (Å²) in [6.07, 6.45) is -4.61. The Morgan fingerprint density at radius 2 is 1.75 bits per heavy atom. The van der Waals surface area contributed by atoms with Crippen molar-refractivity contribution in [2.24, 2.45) is 5.92 Å². The molecular formula is C20H27F3N4O. The van der Waals surface area contributed by atoms with E-state index in [0.717, 1.165) is 11.6 Å². The van der Waals surface area contributed by atoms with E-state index in [4.69, 9.17) is 0 Å². The Morgan fingerprint density at radius 1 is 1.07 bits per heavy atom. The molecule has 1 aromatic carbocycles. The largest absolute Gasteiger partial charge is 0.433 e. The number of nitrogens with zero attached hydrogens (tertiary/aromatic N) is 2. The van der Waals surface area contributed by atoms with Crippen LogP contribution in [0.1, 0.15) is 50.4 Å². The van der Waals surface area contributed by atoms with Crippen molar-refractivity contribution in [3.63, 3.8) is 0 Å². The van der Waals surface area contributed by atoms with E-state index in [0.29, 0.717) is 11.6 Å². The third-order valence-corrected chi connectivity index (χ3v) is 4.50. The lowest BCUT2D eigenvalue weighted by molar-refractivity contribution is -0.141. The van der Waals surface area contributed by atoms with Crippen molar-refractivity contribution >= 4 is 17.5 Å². The zero-order valence-electron chi connectivity index (χ0n) is 16.7. The van der Waals surface area contributed by atoms with Crippen molar-refractivity contribution in [2.45, 2.75) is 52.8 Å². The molecule has 0 bridgehead atoms. The van der Waals surface area contributed by atoms with Crippen LogP contribution in [0.2, 0.25) is 0 Å². The zero-order chi connectivity index (χ0) is 21.1. The molecule has 8 heteroatoms. The van der Waals surface area contributed by atoms with Crippen LogP contribution in [0.25, 0.3) is 0 Å². The normalized spacial score (nSPS) is 13.1. The van der Waals surface area contributed by atoms with Gasteiger partial charge in [0, 0.05) is 11.8 Å². The van der Waals surface area contributed by atoms with Crippen LogP contribution in [-0.4, -0.2) is 27.7 Å². The van der Waals surface area contributed by atoms with Gasteiger partial charge in [-0.1, -0.05) is 33.8 Å². The molecule has 0 saturated carbocycles. The zero-order valence-corrected chi connectivity index (χ0v) is 16.7. The second-order valence-corrected chi connectivity index (χ2v) is 7.49. The molecule has 0 aliphatic carbocycles. The van der Waals surface area contributed by atoms with Crippen LogP contribution >= 0.6 is 0 Å². The molecule has 2 rings (SSSR count). The van der Waals surface area contributed by atoms with E-state index in [9.17, 15) is 18.3 Å². The third kappa shape index (κ3) is 5.58. The highest BCUT2D eigenvalue weighted by Gasteiger charge is 2.34. The van der Waals surface area contributed by atoms with Crippen molar-refractivity contribution in [3.8, 4) is 0 Å². The first-order valence-electron chi connectivity index (χ1n) is 9.22. The van der Waals surface area contributed by atoms with E-state index in [-0.39, 0.29) is 24.3 Å². The number of hydrogen-bond acceptors (Lipinski definition) is 5. The second-order valence-electron chi connectivity index (χ2n) is 7.49. The average molecular weight is 396 g/mol. The summed E-state index contributed by atoms with van der Waals surface area (Å²) >= 11 is 0. The Kier molecular flexibility index (Phi) is 6.87. The average Bonchev–Trinajstić information content (AvgIpc) is 2.58. The number of benzene rings is 1. The number of aliphatic hydroxyl groups is 1. The molecule has 2 aromatic rings. The second kappa shape index (κ2) is 8.77.